The lowest BCUT2D eigenvalue weighted by atomic mass is 10.2. The molecule has 3 aromatic rings. The molecule has 0 bridgehead atoms. The number of rotatable bonds is 4. The number of nitrogens with zero attached hydrogens (tertiary/aromatic N) is 7. The van der Waals surface area contributed by atoms with Crippen LogP contribution in [0.4, 0.5) is 26.5 Å². The van der Waals surface area contributed by atoms with Gasteiger partial charge in [0, 0.05) is 57.1 Å². The number of hydrogen-bond acceptors (Lipinski definition) is 8. The molecule has 166 valence electrons. The normalized spacial score (nSPS) is 17.0. The third-order valence-electron chi connectivity index (χ3n) is 5.56. The molecule has 32 heavy (non-hydrogen) atoms. The molecule has 2 saturated heterocycles. The molecule has 0 N–H and O–H groups in total. The van der Waals surface area contributed by atoms with Crippen LogP contribution >= 0.6 is 0 Å². The Morgan fingerprint density at radius 3 is 1.97 bits per heavy atom. The maximum absolute atomic E-state index is 13.9. The average Bonchev–Trinajstić information content (AvgIpc) is 2.84. The van der Waals surface area contributed by atoms with E-state index in [2.05, 4.69) is 24.8 Å². The number of halogens is 2. The van der Waals surface area contributed by atoms with E-state index in [1.807, 2.05) is 23.1 Å². The highest BCUT2D eigenvalue weighted by Crippen LogP contribution is 2.25. The number of hydrogen-bond donors (Lipinski definition) is 0. The molecule has 0 amide bonds. The van der Waals surface area contributed by atoms with Gasteiger partial charge in [-0.2, -0.15) is 15.0 Å². The van der Waals surface area contributed by atoms with Gasteiger partial charge in [-0.15, -0.1) is 0 Å². The van der Waals surface area contributed by atoms with Gasteiger partial charge in [-0.1, -0.05) is 6.07 Å². The Bertz CT molecular complexity index is 1050. The van der Waals surface area contributed by atoms with E-state index in [9.17, 15) is 8.78 Å². The summed E-state index contributed by atoms with van der Waals surface area (Å²) in [6.07, 6.45) is 1.78. The van der Waals surface area contributed by atoms with Crippen LogP contribution in [0.5, 0.6) is 0 Å². The maximum Gasteiger partial charge on any atom is 0.230 e. The highest BCUT2D eigenvalue weighted by atomic mass is 19.1. The molecule has 0 unspecified atom stereocenters. The van der Waals surface area contributed by atoms with Crippen molar-refractivity contribution in [3.63, 3.8) is 0 Å². The molecule has 10 heteroatoms. The molecule has 8 nitrogen and oxygen atoms in total. The Labute approximate surface area is 184 Å². The minimum absolute atomic E-state index is 0.252. The predicted octanol–water partition coefficient (Wildman–Crippen LogP) is 2.38. The van der Waals surface area contributed by atoms with Crippen LogP contribution in [0, 0.1) is 11.6 Å². The van der Waals surface area contributed by atoms with Crippen LogP contribution in [0.1, 0.15) is 0 Å². The molecule has 2 fully saturated rings. The summed E-state index contributed by atoms with van der Waals surface area (Å²) in [5.74, 6) is 0.847. The quantitative estimate of drug-likeness (QED) is 0.614. The van der Waals surface area contributed by atoms with Crippen molar-refractivity contribution in [3.8, 4) is 11.4 Å². The molecule has 5 rings (SSSR count). The first-order valence-electron chi connectivity index (χ1n) is 10.6. The van der Waals surface area contributed by atoms with Gasteiger partial charge in [0.05, 0.1) is 13.2 Å². The Morgan fingerprint density at radius 2 is 1.34 bits per heavy atom. The molecule has 2 aromatic heterocycles. The van der Waals surface area contributed by atoms with Gasteiger partial charge >= 0.3 is 0 Å². The van der Waals surface area contributed by atoms with Gasteiger partial charge < -0.3 is 19.4 Å². The second-order valence-electron chi connectivity index (χ2n) is 7.68. The van der Waals surface area contributed by atoms with Crippen molar-refractivity contribution in [2.45, 2.75) is 0 Å². The van der Waals surface area contributed by atoms with E-state index in [0.29, 0.717) is 51.3 Å². The van der Waals surface area contributed by atoms with Crippen molar-refractivity contribution in [1.82, 2.24) is 19.9 Å². The molecule has 2 aliphatic rings. The van der Waals surface area contributed by atoms with Gasteiger partial charge in [0.15, 0.2) is 5.82 Å². The van der Waals surface area contributed by atoms with Crippen LogP contribution in [-0.2, 0) is 4.74 Å². The molecule has 0 saturated carbocycles. The largest absolute Gasteiger partial charge is 0.378 e. The number of piperazine rings is 1. The van der Waals surface area contributed by atoms with Gasteiger partial charge in [0.2, 0.25) is 11.9 Å². The minimum atomic E-state index is -0.668. The lowest BCUT2D eigenvalue weighted by Crippen LogP contribution is -2.47. The first-order valence-corrected chi connectivity index (χ1v) is 10.6. The van der Waals surface area contributed by atoms with Crippen LogP contribution in [0.2, 0.25) is 0 Å². The summed E-state index contributed by atoms with van der Waals surface area (Å²) in [5.41, 5.74) is 0.285. The van der Waals surface area contributed by atoms with Gasteiger partial charge in [-0.3, -0.25) is 0 Å². The monoisotopic (exact) mass is 439 g/mol. The number of ether oxygens (including phenoxy) is 1. The van der Waals surface area contributed by atoms with Crippen LogP contribution in [-0.4, -0.2) is 72.4 Å². The van der Waals surface area contributed by atoms with E-state index in [0.717, 1.165) is 25.0 Å². The van der Waals surface area contributed by atoms with Gasteiger partial charge in [-0.05, 0) is 24.3 Å². The third kappa shape index (κ3) is 4.45. The summed E-state index contributed by atoms with van der Waals surface area (Å²) in [7, 11) is 0. The van der Waals surface area contributed by atoms with Gasteiger partial charge in [-0.25, -0.2) is 13.8 Å². The number of benzene rings is 1. The summed E-state index contributed by atoms with van der Waals surface area (Å²) in [6, 6.07) is 9.18. The van der Waals surface area contributed by atoms with Crippen molar-refractivity contribution in [2.75, 3.05) is 67.2 Å². The van der Waals surface area contributed by atoms with E-state index in [4.69, 9.17) is 9.72 Å². The molecule has 0 spiro atoms. The van der Waals surface area contributed by atoms with E-state index >= 15 is 0 Å². The summed E-state index contributed by atoms with van der Waals surface area (Å²) in [4.78, 5) is 24.5. The van der Waals surface area contributed by atoms with Crippen LogP contribution in [0.25, 0.3) is 11.4 Å². The van der Waals surface area contributed by atoms with Gasteiger partial charge in [0.25, 0.3) is 0 Å². The molecule has 1 aromatic carbocycles. The Balaban J connectivity index is 1.44. The van der Waals surface area contributed by atoms with Crippen LogP contribution in [0.3, 0.4) is 0 Å². The molecule has 0 aliphatic carbocycles. The zero-order valence-electron chi connectivity index (χ0n) is 17.5. The highest BCUT2D eigenvalue weighted by Gasteiger charge is 2.24. The lowest BCUT2D eigenvalue weighted by Gasteiger charge is -2.36. The molecular formula is C22H23F2N7O. The summed E-state index contributed by atoms with van der Waals surface area (Å²) in [5, 5.41) is 0. The highest BCUT2D eigenvalue weighted by molar-refractivity contribution is 5.59. The fourth-order valence-corrected chi connectivity index (χ4v) is 3.89. The predicted molar refractivity (Wildman–Crippen MR) is 117 cm³/mol. The van der Waals surface area contributed by atoms with Crippen molar-refractivity contribution in [1.29, 1.82) is 0 Å². The van der Waals surface area contributed by atoms with Crippen molar-refractivity contribution < 1.29 is 13.5 Å². The summed E-state index contributed by atoms with van der Waals surface area (Å²) >= 11 is 0. The summed E-state index contributed by atoms with van der Waals surface area (Å²) in [6.45, 7) is 5.36. The van der Waals surface area contributed by atoms with E-state index in [1.54, 1.807) is 6.20 Å². The molecule has 0 atom stereocenters. The fraction of sp³-hybridized carbons (Fsp3) is 0.364. The lowest BCUT2D eigenvalue weighted by molar-refractivity contribution is 0.122. The van der Waals surface area contributed by atoms with Crippen molar-refractivity contribution in [2.24, 2.45) is 0 Å². The number of aromatic nitrogens is 4. The SMILES string of the molecule is Fc1cc(F)cc(-c2nc(N3CCOCC3)nc(N3CCN(c4ccccn4)CC3)n2)c1. The average molecular weight is 439 g/mol. The second-order valence-corrected chi connectivity index (χ2v) is 7.68. The van der Waals surface area contributed by atoms with Crippen molar-refractivity contribution >= 4 is 17.7 Å². The smallest absolute Gasteiger partial charge is 0.230 e. The Morgan fingerprint density at radius 1 is 0.719 bits per heavy atom. The van der Waals surface area contributed by atoms with E-state index < -0.39 is 11.6 Å². The van der Waals surface area contributed by atoms with E-state index in [1.165, 1.54) is 12.1 Å². The number of anilines is 3. The standard InChI is InChI=1S/C22H23F2N7O/c23-17-13-16(14-18(24)15-17)20-26-21(28-22(27-20)31-9-11-32-12-10-31)30-7-5-29(6-8-30)19-3-1-2-4-25-19/h1-4,13-15H,5-12H2. The van der Waals surface area contributed by atoms with E-state index in [-0.39, 0.29) is 11.4 Å². The second kappa shape index (κ2) is 8.99. The topological polar surface area (TPSA) is 70.5 Å². The van der Waals surface area contributed by atoms with Crippen LogP contribution in [0.15, 0.2) is 42.6 Å². The number of morpholine rings is 1. The maximum atomic E-state index is 13.9. The molecule has 0 radical (unpaired) electrons. The van der Waals surface area contributed by atoms with Crippen molar-refractivity contribution in [3.05, 3.63) is 54.2 Å². The first kappa shape index (κ1) is 20.5. The zero-order valence-corrected chi connectivity index (χ0v) is 17.5. The fourth-order valence-electron chi connectivity index (χ4n) is 3.89. The summed E-state index contributed by atoms with van der Waals surface area (Å²) < 4.78 is 33.2. The third-order valence-corrected chi connectivity index (χ3v) is 5.56. The molecule has 2 aliphatic heterocycles. The Kier molecular flexibility index (Phi) is 5.76. The van der Waals surface area contributed by atoms with Gasteiger partial charge in [0.1, 0.15) is 17.5 Å². The number of pyridine rings is 1. The Hall–Kier alpha value is -3.40. The zero-order chi connectivity index (χ0) is 21.9. The molecule has 4 heterocycles. The first-order chi connectivity index (χ1) is 15.7. The minimum Gasteiger partial charge on any atom is -0.378 e. The van der Waals surface area contributed by atoms with Crippen LogP contribution < -0.4 is 14.7 Å². The molecular weight excluding hydrogens is 416 g/mol.